The van der Waals surface area contributed by atoms with Crippen molar-refractivity contribution in [1.82, 2.24) is 4.90 Å². The van der Waals surface area contributed by atoms with Gasteiger partial charge in [0.05, 0.1) is 17.3 Å². The smallest absolute Gasteiger partial charge is 0.238 e. The molecule has 0 spiro atoms. The maximum atomic E-state index is 13.8. The molecule has 132 valence electrons. The lowest BCUT2D eigenvalue weighted by Gasteiger charge is -2.21. The Morgan fingerprint density at radius 1 is 1.32 bits per heavy atom. The molecule has 5 heteroatoms. The average Bonchev–Trinajstić information content (AvgIpc) is 2.53. The number of nitrogens with one attached hydrogen (secondary N) is 1. The molecule has 1 amide bonds. The SMILES string of the molecule is C=CCN(CC(=O)Nc1c(C)cc(C)cc1Cl)Cc1ccccc1F. The number of carbonyl (C=O) groups is 1. The number of benzene rings is 2. The summed E-state index contributed by atoms with van der Waals surface area (Å²) in [6.07, 6.45) is 1.69. The molecule has 0 unspecified atom stereocenters. The van der Waals surface area contributed by atoms with Crippen molar-refractivity contribution < 1.29 is 9.18 Å². The van der Waals surface area contributed by atoms with Crippen LogP contribution in [0.3, 0.4) is 0 Å². The Kier molecular flexibility index (Phi) is 6.73. The normalized spacial score (nSPS) is 10.8. The van der Waals surface area contributed by atoms with E-state index in [1.165, 1.54) is 6.07 Å². The standard InChI is InChI=1S/C20H22ClFN2O/c1-4-9-24(12-16-7-5-6-8-18(16)22)13-19(25)23-20-15(3)10-14(2)11-17(20)21/h4-8,10-11H,1,9,12-13H2,2-3H3,(H,23,25). The van der Waals surface area contributed by atoms with Crippen LogP contribution in [0.2, 0.25) is 5.02 Å². The van der Waals surface area contributed by atoms with Gasteiger partial charge in [-0.05, 0) is 37.1 Å². The second-order valence-corrected chi connectivity index (χ2v) is 6.44. The molecule has 0 saturated carbocycles. The fraction of sp³-hybridized carbons (Fsp3) is 0.250. The van der Waals surface area contributed by atoms with E-state index in [9.17, 15) is 9.18 Å². The lowest BCUT2D eigenvalue weighted by molar-refractivity contribution is -0.117. The van der Waals surface area contributed by atoms with Gasteiger partial charge in [-0.2, -0.15) is 0 Å². The Morgan fingerprint density at radius 2 is 2.04 bits per heavy atom. The summed E-state index contributed by atoms with van der Waals surface area (Å²) in [7, 11) is 0. The lowest BCUT2D eigenvalue weighted by Crippen LogP contribution is -2.33. The molecule has 25 heavy (non-hydrogen) atoms. The van der Waals surface area contributed by atoms with Crippen molar-refractivity contribution in [2.75, 3.05) is 18.4 Å². The van der Waals surface area contributed by atoms with Crippen LogP contribution < -0.4 is 5.32 Å². The minimum Gasteiger partial charge on any atom is -0.323 e. The van der Waals surface area contributed by atoms with Crippen LogP contribution in [-0.4, -0.2) is 23.9 Å². The van der Waals surface area contributed by atoms with Gasteiger partial charge in [0, 0.05) is 18.7 Å². The molecule has 0 radical (unpaired) electrons. The quantitative estimate of drug-likeness (QED) is 0.724. The number of aryl methyl sites for hydroxylation is 2. The minimum absolute atomic E-state index is 0.115. The van der Waals surface area contributed by atoms with E-state index < -0.39 is 0 Å². The van der Waals surface area contributed by atoms with E-state index in [1.54, 1.807) is 24.3 Å². The first-order valence-electron chi connectivity index (χ1n) is 8.04. The Balaban J connectivity index is 2.08. The number of amides is 1. The Labute approximate surface area is 153 Å². The van der Waals surface area contributed by atoms with Crippen LogP contribution in [0.5, 0.6) is 0 Å². The molecule has 2 rings (SSSR count). The maximum absolute atomic E-state index is 13.8. The second kappa shape index (κ2) is 8.79. The molecule has 0 fully saturated rings. The van der Waals surface area contributed by atoms with Crippen LogP contribution in [0.4, 0.5) is 10.1 Å². The fourth-order valence-corrected chi connectivity index (χ4v) is 3.06. The number of halogens is 2. The minimum atomic E-state index is -0.283. The molecular formula is C20H22ClFN2O. The summed E-state index contributed by atoms with van der Waals surface area (Å²) < 4.78 is 13.8. The molecular weight excluding hydrogens is 339 g/mol. The van der Waals surface area contributed by atoms with E-state index >= 15 is 0 Å². The average molecular weight is 361 g/mol. The highest BCUT2D eigenvalue weighted by atomic mass is 35.5. The summed E-state index contributed by atoms with van der Waals surface area (Å²) in [5, 5.41) is 3.36. The van der Waals surface area contributed by atoms with Crippen LogP contribution in [0, 0.1) is 19.7 Å². The molecule has 0 bridgehead atoms. The monoisotopic (exact) mass is 360 g/mol. The van der Waals surface area contributed by atoms with Crippen molar-refractivity contribution in [2.24, 2.45) is 0 Å². The van der Waals surface area contributed by atoms with Gasteiger partial charge in [0.2, 0.25) is 5.91 Å². The first kappa shape index (κ1) is 19.2. The summed E-state index contributed by atoms with van der Waals surface area (Å²) in [5.74, 6) is -0.485. The van der Waals surface area contributed by atoms with E-state index in [2.05, 4.69) is 11.9 Å². The number of hydrogen-bond acceptors (Lipinski definition) is 2. The van der Waals surface area contributed by atoms with Crippen LogP contribution in [0.1, 0.15) is 16.7 Å². The van der Waals surface area contributed by atoms with Crippen LogP contribution in [0.15, 0.2) is 49.1 Å². The third kappa shape index (κ3) is 5.41. The molecule has 0 saturated heterocycles. The van der Waals surface area contributed by atoms with Crippen molar-refractivity contribution in [1.29, 1.82) is 0 Å². The van der Waals surface area contributed by atoms with Crippen molar-refractivity contribution >= 4 is 23.2 Å². The van der Waals surface area contributed by atoms with Gasteiger partial charge in [0.15, 0.2) is 0 Å². The molecule has 0 aliphatic carbocycles. The van der Waals surface area contributed by atoms with Crippen molar-refractivity contribution in [3.8, 4) is 0 Å². The summed E-state index contributed by atoms with van der Waals surface area (Å²) in [6.45, 7) is 8.47. The largest absolute Gasteiger partial charge is 0.323 e. The van der Waals surface area contributed by atoms with Gasteiger partial charge in [0.25, 0.3) is 0 Å². The van der Waals surface area contributed by atoms with Crippen LogP contribution in [0.25, 0.3) is 0 Å². The lowest BCUT2D eigenvalue weighted by atomic mass is 10.1. The predicted molar refractivity (Wildman–Crippen MR) is 101 cm³/mol. The van der Waals surface area contributed by atoms with E-state index in [4.69, 9.17) is 11.6 Å². The van der Waals surface area contributed by atoms with Gasteiger partial charge >= 0.3 is 0 Å². The molecule has 2 aromatic rings. The van der Waals surface area contributed by atoms with Gasteiger partial charge in [-0.25, -0.2) is 4.39 Å². The molecule has 3 nitrogen and oxygen atoms in total. The van der Waals surface area contributed by atoms with Gasteiger partial charge < -0.3 is 5.32 Å². The van der Waals surface area contributed by atoms with Crippen molar-refractivity contribution in [3.63, 3.8) is 0 Å². The maximum Gasteiger partial charge on any atom is 0.238 e. The van der Waals surface area contributed by atoms with Crippen molar-refractivity contribution in [3.05, 3.63) is 76.6 Å². The van der Waals surface area contributed by atoms with E-state index in [1.807, 2.05) is 30.9 Å². The predicted octanol–water partition coefficient (Wildman–Crippen LogP) is 4.72. The number of carbonyl (C=O) groups excluding carboxylic acids is 1. The molecule has 0 aliphatic heterocycles. The molecule has 0 heterocycles. The second-order valence-electron chi connectivity index (χ2n) is 6.04. The van der Waals surface area contributed by atoms with E-state index in [0.717, 1.165) is 11.1 Å². The number of nitrogens with zero attached hydrogens (tertiary/aromatic N) is 1. The van der Waals surface area contributed by atoms with Gasteiger partial charge in [-0.3, -0.25) is 9.69 Å². The van der Waals surface area contributed by atoms with Crippen molar-refractivity contribution in [2.45, 2.75) is 20.4 Å². The molecule has 2 aromatic carbocycles. The summed E-state index contributed by atoms with van der Waals surface area (Å²) >= 11 is 6.23. The third-order valence-electron chi connectivity index (χ3n) is 3.80. The number of anilines is 1. The molecule has 0 atom stereocenters. The highest BCUT2D eigenvalue weighted by molar-refractivity contribution is 6.34. The highest BCUT2D eigenvalue weighted by Gasteiger charge is 2.14. The number of rotatable bonds is 7. The topological polar surface area (TPSA) is 32.3 Å². The zero-order chi connectivity index (χ0) is 18.4. The molecule has 1 N–H and O–H groups in total. The summed E-state index contributed by atoms with van der Waals surface area (Å²) in [6, 6.07) is 10.3. The highest BCUT2D eigenvalue weighted by Crippen LogP contribution is 2.27. The first-order valence-corrected chi connectivity index (χ1v) is 8.41. The first-order chi connectivity index (χ1) is 11.9. The Hall–Kier alpha value is -2.17. The molecule has 0 aliphatic rings. The van der Waals surface area contributed by atoms with E-state index in [0.29, 0.717) is 29.4 Å². The van der Waals surface area contributed by atoms with Crippen LogP contribution in [-0.2, 0) is 11.3 Å². The van der Waals surface area contributed by atoms with Crippen LogP contribution >= 0.6 is 11.6 Å². The van der Waals surface area contributed by atoms with Gasteiger partial charge in [-0.15, -0.1) is 6.58 Å². The summed E-state index contributed by atoms with van der Waals surface area (Å²) in [5.41, 5.74) is 3.10. The Morgan fingerprint density at radius 3 is 2.68 bits per heavy atom. The fourth-order valence-electron chi connectivity index (χ4n) is 2.69. The zero-order valence-electron chi connectivity index (χ0n) is 14.5. The van der Waals surface area contributed by atoms with Gasteiger partial charge in [-0.1, -0.05) is 41.9 Å². The molecule has 0 aromatic heterocycles. The zero-order valence-corrected chi connectivity index (χ0v) is 15.2. The van der Waals surface area contributed by atoms with E-state index in [-0.39, 0.29) is 18.3 Å². The third-order valence-corrected chi connectivity index (χ3v) is 4.10. The van der Waals surface area contributed by atoms with Gasteiger partial charge in [0.1, 0.15) is 5.82 Å². The number of hydrogen-bond donors (Lipinski definition) is 1. The summed E-state index contributed by atoms with van der Waals surface area (Å²) in [4.78, 5) is 14.2. The Bertz CT molecular complexity index is 753.